The first-order valence-corrected chi connectivity index (χ1v) is 5.65. The monoisotopic (exact) mass is 260 g/mol. The minimum absolute atomic E-state index is 0.527. The fourth-order valence-corrected chi connectivity index (χ4v) is 1.10. The molecule has 0 heterocycles. The summed E-state index contributed by atoms with van der Waals surface area (Å²) in [6.07, 6.45) is 0. The zero-order valence-corrected chi connectivity index (χ0v) is 9.10. The number of hydrogen-bond acceptors (Lipinski definition) is 7. The van der Waals surface area contributed by atoms with Gasteiger partial charge in [0, 0.05) is 4.57 Å². The molecule has 2 unspecified atom stereocenters. The summed E-state index contributed by atoms with van der Waals surface area (Å²) in [7, 11) is -5.98. The number of carboxylic acids is 1. The van der Waals surface area contributed by atoms with Gasteiger partial charge in [-0.1, -0.05) is 0 Å². The molecule has 0 saturated heterocycles. The van der Waals surface area contributed by atoms with Gasteiger partial charge in [0.25, 0.3) is 0 Å². The summed E-state index contributed by atoms with van der Waals surface area (Å²) in [6, 6.07) is 0. The lowest BCUT2D eigenvalue weighted by Crippen LogP contribution is -2.32. The number of rotatable bonds is 8. The third kappa shape index (κ3) is 9.77. The van der Waals surface area contributed by atoms with Crippen LogP contribution in [0.15, 0.2) is 0 Å². The van der Waals surface area contributed by atoms with Crippen LogP contribution in [-0.2, 0) is 23.0 Å². The van der Waals surface area contributed by atoms with E-state index in [0.717, 1.165) is 4.90 Å². The molecule has 0 aromatic rings. The topological polar surface area (TPSA) is 136 Å². The lowest BCUT2D eigenvalue weighted by Gasteiger charge is -2.12. The summed E-state index contributed by atoms with van der Waals surface area (Å²) in [5, 5.41) is 8.38. The first kappa shape index (κ1) is 14.5. The van der Waals surface area contributed by atoms with Crippen molar-refractivity contribution in [2.45, 2.75) is 0 Å². The van der Waals surface area contributed by atoms with Gasteiger partial charge in [0.15, 0.2) is 13.5 Å². The summed E-state index contributed by atoms with van der Waals surface area (Å²) in [5.41, 5.74) is 0. The number of nitrogens with zero attached hydrogens (tertiary/aromatic N) is 1. The van der Waals surface area contributed by atoms with Crippen molar-refractivity contribution in [1.82, 2.24) is 4.90 Å². The number of carbonyl (C=O) groups is 1. The SMILES string of the molecule is O=C(O)CN(CO[P+](=O)[O-])CO[P+](=O)O. The minimum Gasteiger partial charge on any atom is -0.566 e. The van der Waals surface area contributed by atoms with Crippen molar-refractivity contribution in [2.75, 3.05) is 20.0 Å². The molecule has 0 spiro atoms. The molecule has 0 amide bonds. The number of carboxylic acid groups (broad SMARTS) is 1. The second kappa shape index (κ2) is 7.72. The molecule has 0 aliphatic carbocycles. The van der Waals surface area contributed by atoms with E-state index in [9.17, 15) is 18.8 Å². The molecule has 0 aliphatic rings. The van der Waals surface area contributed by atoms with Gasteiger partial charge in [0.2, 0.25) is 0 Å². The Morgan fingerprint density at radius 2 is 1.87 bits per heavy atom. The molecule has 0 fully saturated rings. The zero-order chi connectivity index (χ0) is 11.8. The average molecular weight is 260 g/mol. The fourth-order valence-electron chi connectivity index (χ4n) is 0.580. The third-order valence-corrected chi connectivity index (χ3v) is 1.72. The smallest absolute Gasteiger partial charge is 0.566 e. The largest absolute Gasteiger partial charge is 0.696 e. The summed E-state index contributed by atoms with van der Waals surface area (Å²) in [5.74, 6) is -1.25. The van der Waals surface area contributed by atoms with Crippen LogP contribution in [0.4, 0.5) is 0 Å². The highest BCUT2D eigenvalue weighted by atomic mass is 31.1. The standard InChI is InChI=1S/C4H7NO8P2/c6-4(7)1-5(2-12-14(8)9)3-13-15(10)11/h1-3H2,(H-,6,7,8,9)/p+1. The van der Waals surface area contributed by atoms with Crippen molar-refractivity contribution in [3.8, 4) is 0 Å². The van der Waals surface area contributed by atoms with Crippen LogP contribution in [0.1, 0.15) is 0 Å². The van der Waals surface area contributed by atoms with E-state index in [1.807, 2.05) is 0 Å². The molecule has 9 nitrogen and oxygen atoms in total. The Morgan fingerprint density at radius 3 is 2.27 bits per heavy atom. The van der Waals surface area contributed by atoms with E-state index in [4.69, 9.17) is 10.00 Å². The molecule has 15 heavy (non-hydrogen) atoms. The second-order valence-corrected chi connectivity index (χ2v) is 3.64. The van der Waals surface area contributed by atoms with E-state index in [2.05, 4.69) is 9.05 Å². The maximum Gasteiger partial charge on any atom is 0.696 e. The van der Waals surface area contributed by atoms with Crippen molar-refractivity contribution in [3.05, 3.63) is 0 Å². The summed E-state index contributed by atoms with van der Waals surface area (Å²) < 4.78 is 28.4. The van der Waals surface area contributed by atoms with E-state index < -0.39 is 42.5 Å². The van der Waals surface area contributed by atoms with Gasteiger partial charge in [-0.2, -0.15) is 0 Å². The van der Waals surface area contributed by atoms with Gasteiger partial charge in [-0.15, -0.1) is 13.9 Å². The van der Waals surface area contributed by atoms with Crippen LogP contribution in [0.5, 0.6) is 0 Å². The van der Waals surface area contributed by atoms with Crippen LogP contribution < -0.4 is 4.89 Å². The number of aliphatic carboxylic acids is 1. The first-order chi connectivity index (χ1) is 6.91. The molecular weight excluding hydrogens is 252 g/mol. The molecular formula is C4H8NO8P2+. The van der Waals surface area contributed by atoms with Crippen LogP contribution in [0.3, 0.4) is 0 Å². The van der Waals surface area contributed by atoms with E-state index in [1.54, 1.807) is 0 Å². The molecule has 0 radical (unpaired) electrons. The summed E-state index contributed by atoms with van der Waals surface area (Å²) in [4.78, 5) is 29.4. The molecule has 2 atom stereocenters. The molecule has 0 aliphatic heterocycles. The van der Waals surface area contributed by atoms with Gasteiger partial charge in [-0.25, -0.2) is 4.90 Å². The van der Waals surface area contributed by atoms with Crippen LogP contribution in [-0.4, -0.2) is 40.9 Å². The van der Waals surface area contributed by atoms with Crippen LogP contribution in [0.25, 0.3) is 0 Å². The Hall–Kier alpha value is -0.530. The van der Waals surface area contributed by atoms with Crippen molar-refractivity contribution in [3.63, 3.8) is 0 Å². The molecule has 0 saturated carbocycles. The fraction of sp³-hybridized carbons (Fsp3) is 0.750. The van der Waals surface area contributed by atoms with Crippen molar-refractivity contribution in [2.24, 2.45) is 0 Å². The summed E-state index contributed by atoms with van der Waals surface area (Å²) in [6.45, 7) is -1.66. The Kier molecular flexibility index (Phi) is 7.45. The Labute approximate surface area is 86.1 Å². The molecule has 86 valence electrons. The Bertz CT molecular complexity index is 239. The number of hydrogen-bond donors (Lipinski definition) is 2. The van der Waals surface area contributed by atoms with Crippen LogP contribution in [0.2, 0.25) is 0 Å². The normalized spacial score (nSPS) is 12.7. The van der Waals surface area contributed by atoms with Crippen molar-refractivity contribution in [1.29, 1.82) is 0 Å². The molecule has 0 rings (SSSR count). The van der Waals surface area contributed by atoms with Gasteiger partial charge < -0.3 is 10.00 Å². The molecule has 0 aromatic heterocycles. The maximum absolute atomic E-state index is 10.3. The lowest BCUT2D eigenvalue weighted by atomic mass is 10.6. The van der Waals surface area contributed by atoms with E-state index in [-0.39, 0.29) is 0 Å². The van der Waals surface area contributed by atoms with Crippen LogP contribution in [0, 0.1) is 0 Å². The first-order valence-electron chi connectivity index (χ1n) is 3.42. The predicted octanol–water partition coefficient (Wildman–Crippen LogP) is -1.01. The van der Waals surface area contributed by atoms with Crippen LogP contribution >= 0.6 is 16.5 Å². The second-order valence-electron chi connectivity index (χ2n) is 2.20. The minimum atomic E-state index is -3.11. The molecule has 0 aromatic carbocycles. The van der Waals surface area contributed by atoms with E-state index in [0.29, 0.717) is 0 Å². The van der Waals surface area contributed by atoms with Gasteiger partial charge in [-0.3, -0.25) is 4.79 Å². The van der Waals surface area contributed by atoms with Gasteiger partial charge in [0.1, 0.15) is 6.54 Å². The molecule has 11 heteroatoms. The van der Waals surface area contributed by atoms with E-state index in [1.165, 1.54) is 0 Å². The highest BCUT2D eigenvalue weighted by molar-refractivity contribution is 7.32. The van der Waals surface area contributed by atoms with Gasteiger partial charge >= 0.3 is 22.5 Å². The molecule has 0 bridgehead atoms. The van der Waals surface area contributed by atoms with E-state index >= 15 is 0 Å². The summed E-state index contributed by atoms with van der Waals surface area (Å²) >= 11 is 0. The maximum atomic E-state index is 10.3. The molecule has 2 N–H and O–H groups in total. The van der Waals surface area contributed by atoms with Crippen molar-refractivity contribution >= 4 is 22.5 Å². The third-order valence-electron chi connectivity index (χ3n) is 1.06. The van der Waals surface area contributed by atoms with Gasteiger partial charge in [0.05, 0.1) is 0 Å². The lowest BCUT2D eigenvalue weighted by molar-refractivity contribution is -0.190. The predicted molar refractivity (Wildman–Crippen MR) is 43.7 cm³/mol. The quantitative estimate of drug-likeness (QED) is 0.415. The zero-order valence-electron chi connectivity index (χ0n) is 7.31. The average Bonchev–Trinajstić information content (AvgIpc) is 2.08. The highest BCUT2D eigenvalue weighted by Gasteiger charge is 2.20. The van der Waals surface area contributed by atoms with Crippen molar-refractivity contribution < 1.29 is 37.9 Å². The Morgan fingerprint density at radius 1 is 1.33 bits per heavy atom. The van der Waals surface area contributed by atoms with Gasteiger partial charge in [-0.05, 0) is 4.57 Å². The highest BCUT2D eigenvalue weighted by Crippen LogP contribution is 2.15. The Balaban J connectivity index is 3.99.